The number of aliphatic hydroxyl groups is 1. The van der Waals surface area contributed by atoms with Crippen LogP contribution < -0.4 is 5.32 Å². The van der Waals surface area contributed by atoms with E-state index in [4.69, 9.17) is 10.2 Å². The Bertz CT molecular complexity index is 504. The van der Waals surface area contributed by atoms with Gasteiger partial charge in [0.15, 0.2) is 5.69 Å². The summed E-state index contributed by atoms with van der Waals surface area (Å²) in [6.45, 7) is 3.70. The van der Waals surface area contributed by atoms with Crippen LogP contribution in [0.5, 0.6) is 0 Å². The lowest BCUT2D eigenvalue weighted by atomic mass is 10.0. The molecule has 0 amide bonds. The standard InChI is InChI=1S/C12H17N3O5/c1-7(2)8(5-6-16)13-11-10(15(19)20)4-3-9(14-11)12(17)18/h3-4,7-8,16H,5-6H2,1-2H3,(H,13,14)(H,17,18). The summed E-state index contributed by atoms with van der Waals surface area (Å²) >= 11 is 0. The van der Waals surface area contributed by atoms with Gasteiger partial charge in [0, 0.05) is 18.7 Å². The quantitative estimate of drug-likeness (QED) is 0.511. The van der Waals surface area contributed by atoms with E-state index in [-0.39, 0.29) is 35.8 Å². The van der Waals surface area contributed by atoms with Gasteiger partial charge < -0.3 is 15.5 Å². The third kappa shape index (κ3) is 3.89. The first kappa shape index (κ1) is 15.8. The lowest BCUT2D eigenvalue weighted by Gasteiger charge is -2.22. The molecule has 0 saturated carbocycles. The zero-order valence-corrected chi connectivity index (χ0v) is 11.2. The molecule has 0 bridgehead atoms. The highest BCUT2D eigenvalue weighted by Crippen LogP contribution is 2.24. The van der Waals surface area contributed by atoms with Crippen LogP contribution in [-0.4, -0.2) is 38.7 Å². The smallest absolute Gasteiger partial charge is 0.354 e. The Morgan fingerprint density at radius 2 is 2.15 bits per heavy atom. The number of hydrogen-bond acceptors (Lipinski definition) is 6. The molecule has 0 radical (unpaired) electrons. The SMILES string of the molecule is CC(C)C(CCO)Nc1nc(C(=O)O)ccc1[N+](=O)[O-]. The molecule has 1 rings (SSSR count). The number of carboxylic acids is 1. The van der Waals surface area contributed by atoms with Gasteiger partial charge in [0.25, 0.3) is 0 Å². The van der Waals surface area contributed by atoms with Crippen molar-refractivity contribution in [3.05, 3.63) is 27.9 Å². The number of hydrogen-bond donors (Lipinski definition) is 3. The van der Waals surface area contributed by atoms with Crippen molar-refractivity contribution in [2.24, 2.45) is 5.92 Å². The molecule has 1 aromatic rings. The van der Waals surface area contributed by atoms with Gasteiger partial charge in [0.1, 0.15) is 0 Å². The van der Waals surface area contributed by atoms with Gasteiger partial charge in [-0.3, -0.25) is 10.1 Å². The highest BCUT2D eigenvalue weighted by Gasteiger charge is 2.22. The molecule has 0 saturated heterocycles. The second-order valence-electron chi connectivity index (χ2n) is 4.63. The molecule has 1 aromatic heterocycles. The van der Waals surface area contributed by atoms with E-state index in [2.05, 4.69) is 10.3 Å². The predicted octanol–water partition coefficient (Wildman–Crippen LogP) is 1.51. The minimum atomic E-state index is -1.26. The van der Waals surface area contributed by atoms with Gasteiger partial charge >= 0.3 is 11.7 Å². The van der Waals surface area contributed by atoms with Crippen LogP contribution in [0.15, 0.2) is 12.1 Å². The largest absolute Gasteiger partial charge is 0.477 e. The predicted molar refractivity (Wildman–Crippen MR) is 71.8 cm³/mol. The van der Waals surface area contributed by atoms with Crippen molar-refractivity contribution >= 4 is 17.5 Å². The number of rotatable bonds is 7. The fourth-order valence-corrected chi connectivity index (χ4v) is 1.71. The maximum Gasteiger partial charge on any atom is 0.354 e. The summed E-state index contributed by atoms with van der Waals surface area (Å²) < 4.78 is 0. The Balaban J connectivity index is 3.14. The average Bonchev–Trinajstić information content (AvgIpc) is 2.37. The zero-order chi connectivity index (χ0) is 15.3. The van der Waals surface area contributed by atoms with Crippen LogP contribution in [0.4, 0.5) is 11.5 Å². The van der Waals surface area contributed by atoms with E-state index < -0.39 is 10.9 Å². The van der Waals surface area contributed by atoms with E-state index in [9.17, 15) is 14.9 Å². The molecule has 110 valence electrons. The van der Waals surface area contributed by atoms with Gasteiger partial charge in [0.2, 0.25) is 5.82 Å². The number of nitro groups is 1. The van der Waals surface area contributed by atoms with E-state index in [1.807, 2.05) is 13.8 Å². The number of aliphatic hydroxyl groups excluding tert-OH is 1. The molecular formula is C12H17N3O5. The molecule has 0 aliphatic heterocycles. The zero-order valence-electron chi connectivity index (χ0n) is 11.2. The number of carboxylic acid groups (broad SMARTS) is 1. The molecule has 0 fully saturated rings. The summed E-state index contributed by atoms with van der Waals surface area (Å²) in [5.74, 6) is -1.26. The van der Waals surface area contributed by atoms with Crippen molar-refractivity contribution in [1.82, 2.24) is 4.98 Å². The third-order valence-electron chi connectivity index (χ3n) is 2.86. The minimum Gasteiger partial charge on any atom is -0.477 e. The minimum absolute atomic E-state index is 0.0811. The van der Waals surface area contributed by atoms with Crippen LogP contribution in [0.2, 0.25) is 0 Å². The molecule has 0 aliphatic rings. The summed E-state index contributed by atoms with van der Waals surface area (Å²) in [6, 6.07) is 1.95. The van der Waals surface area contributed by atoms with Gasteiger partial charge in [-0.15, -0.1) is 0 Å². The molecule has 1 atom stereocenters. The van der Waals surface area contributed by atoms with E-state index in [0.717, 1.165) is 12.1 Å². The lowest BCUT2D eigenvalue weighted by molar-refractivity contribution is -0.384. The second-order valence-corrected chi connectivity index (χ2v) is 4.63. The van der Waals surface area contributed by atoms with Crippen molar-refractivity contribution in [1.29, 1.82) is 0 Å². The number of pyridine rings is 1. The van der Waals surface area contributed by atoms with Crippen molar-refractivity contribution in [2.45, 2.75) is 26.3 Å². The van der Waals surface area contributed by atoms with Crippen LogP contribution >= 0.6 is 0 Å². The highest BCUT2D eigenvalue weighted by molar-refractivity contribution is 5.86. The fourth-order valence-electron chi connectivity index (χ4n) is 1.71. The normalized spacial score (nSPS) is 12.2. The van der Waals surface area contributed by atoms with Crippen molar-refractivity contribution < 1.29 is 19.9 Å². The number of carbonyl (C=O) groups is 1. The van der Waals surface area contributed by atoms with E-state index in [1.54, 1.807) is 0 Å². The van der Waals surface area contributed by atoms with Gasteiger partial charge in [-0.2, -0.15) is 0 Å². The highest BCUT2D eigenvalue weighted by atomic mass is 16.6. The van der Waals surface area contributed by atoms with Crippen molar-refractivity contribution in [2.75, 3.05) is 11.9 Å². The Labute approximate surface area is 115 Å². The van der Waals surface area contributed by atoms with Gasteiger partial charge in [0.05, 0.1) is 4.92 Å². The van der Waals surface area contributed by atoms with Gasteiger partial charge in [-0.1, -0.05) is 13.8 Å². The number of aromatic carboxylic acids is 1. The van der Waals surface area contributed by atoms with Crippen LogP contribution in [0.1, 0.15) is 30.8 Å². The van der Waals surface area contributed by atoms with Crippen LogP contribution in [0.25, 0.3) is 0 Å². The van der Waals surface area contributed by atoms with Crippen LogP contribution in [0, 0.1) is 16.0 Å². The lowest BCUT2D eigenvalue weighted by Crippen LogP contribution is -2.28. The number of anilines is 1. The third-order valence-corrected chi connectivity index (χ3v) is 2.86. The maximum atomic E-state index is 10.9. The monoisotopic (exact) mass is 283 g/mol. The Kier molecular flexibility index (Phi) is 5.39. The summed E-state index contributed by atoms with van der Waals surface area (Å²) in [4.78, 5) is 25.0. The summed E-state index contributed by atoms with van der Waals surface area (Å²) in [7, 11) is 0. The molecule has 1 heterocycles. The van der Waals surface area contributed by atoms with E-state index in [0.29, 0.717) is 6.42 Å². The molecule has 1 unspecified atom stereocenters. The average molecular weight is 283 g/mol. The second kappa shape index (κ2) is 6.80. The molecule has 8 nitrogen and oxygen atoms in total. The fraction of sp³-hybridized carbons (Fsp3) is 0.500. The number of nitrogens with one attached hydrogen (secondary N) is 1. The molecule has 0 aliphatic carbocycles. The number of aromatic nitrogens is 1. The van der Waals surface area contributed by atoms with Crippen LogP contribution in [-0.2, 0) is 0 Å². The van der Waals surface area contributed by atoms with E-state index >= 15 is 0 Å². The first-order valence-corrected chi connectivity index (χ1v) is 6.13. The molecule has 0 spiro atoms. The molecule has 8 heteroatoms. The summed E-state index contributed by atoms with van der Waals surface area (Å²) in [5.41, 5.74) is -0.566. The Morgan fingerprint density at radius 3 is 2.60 bits per heavy atom. The summed E-state index contributed by atoms with van der Waals surface area (Å²) in [6.07, 6.45) is 0.383. The van der Waals surface area contributed by atoms with Gasteiger partial charge in [-0.05, 0) is 18.4 Å². The topological polar surface area (TPSA) is 126 Å². The first-order valence-electron chi connectivity index (χ1n) is 6.13. The van der Waals surface area contributed by atoms with E-state index in [1.165, 1.54) is 0 Å². The van der Waals surface area contributed by atoms with Crippen molar-refractivity contribution in [3.8, 4) is 0 Å². The van der Waals surface area contributed by atoms with Crippen molar-refractivity contribution in [3.63, 3.8) is 0 Å². The first-order chi connectivity index (χ1) is 9.36. The Morgan fingerprint density at radius 1 is 1.50 bits per heavy atom. The number of nitrogens with zero attached hydrogens (tertiary/aromatic N) is 2. The molecule has 0 aromatic carbocycles. The summed E-state index contributed by atoms with van der Waals surface area (Å²) in [5, 5.41) is 31.7. The molecular weight excluding hydrogens is 266 g/mol. The molecule has 3 N–H and O–H groups in total. The molecule has 20 heavy (non-hydrogen) atoms. The maximum absolute atomic E-state index is 10.9. The van der Waals surface area contributed by atoms with Crippen LogP contribution in [0.3, 0.4) is 0 Å². The van der Waals surface area contributed by atoms with Gasteiger partial charge in [-0.25, -0.2) is 9.78 Å². The Hall–Kier alpha value is -2.22.